The first kappa shape index (κ1) is 15.0. The number of ether oxygens (including phenoxy) is 1. The summed E-state index contributed by atoms with van der Waals surface area (Å²) >= 11 is 0. The van der Waals surface area contributed by atoms with Gasteiger partial charge in [0.25, 0.3) is 0 Å². The Bertz CT molecular complexity index is 331. The summed E-state index contributed by atoms with van der Waals surface area (Å²) in [7, 11) is 0. The molecule has 2 atom stereocenters. The maximum atomic E-state index is 5.63. The molecule has 0 heterocycles. The lowest BCUT2D eigenvalue weighted by Gasteiger charge is -2.20. The monoisotopic (exact) mass is 249 g/mol. The molecule has 1 rings (SSSR count). The highest BCUT2D eigenvalue weighted by Crippen LogP contribution is 2.14. The van der Waals surface area contributed by atoms with Crippen molar-refractivity contribution in [3.05, 3.63) is 29.8 Å². The fraction of sp³-hybridized carbons (Fsp3) is 0.625. The Morgan fingerprint density at radius 3 is 2.17 bits per heavy atom. The number of hydrogen-bond acceptors (Lipinski definition) is 2. The second kappa shape index (κ2) is 7.42. The van der Waals surface area contributed by atoms with E-state index in [2.05, 4.69) is 38.2 Å². The van der Waals surface area contributed by atoms with Gasteiger partial charge in [0.05, 0.1) is 6.10 Å². The molecule has 0 fully saturated rings. The summed E-state index contributed by atoms with van der Waals surface area (Å²) in [5.74, 6) is 1.66. The van der Waals surface area contributed by atoms with Crippen molar-refractivity contribution in [2.45, 2.75) is 59.7 Å². The molecular formula is C16H27NO. The fourth-order valence-corrected chi connectivity index (χ4v) is 1.79. The van der Waals surface area contributed by atoms with E-state index in [1.807, 2.05) is 26.0 Å². The van der Waals surface area contributed by atoms with Gasteiger partial charge in [-0.05, 0) is 44.4 Å². The molecule has 0 saturated carbocycles. The van der Waals surface area contributed by atoms with Gasteiger partial charge in [0.2, 0.25) is 0 Å². The summed E-state index contributed by atoms with van der Waals surface area (Å²) < 4.78 is 5.63. The van der Waals surface area contributed by atoms with Crippen molar-refractivity contribution in [3.63, 3.8) is 0 Å². The first-order chi connectivity index (χ1) is 8.52. The number of hydrogen-bond donors (Lipinski definition) is 1. The van der Waals surface area contributed by atoms with Gasteiger partial charge in [0.15, 0.2) is 0 Å². The molecule has 102 valence electrons. The van der Waals surface area contributed by atoms with Crippen LogP contribution in [0.15, 0.2) is 24.3 Å². The largest absolute Gasteiger partial charge is 0.491 e. The Hall–Kier alpha value is -1.02. The second-order valence-corrected chi connectivity index (χ2v) is 5.37. The fourth-order valence-electron chi connectivity index (χ4n) is 1.79. The molecule has 0 aromatic heterocycles. The maximum Gasteiger partial charge on any atom is 0.119 e. The van der Waals surface area contributed by atoms with Crippen molar-refractivity contribution in [1.82, 2.24) is 5.32 Å². The summed E-state index contributed by atoms with van der Waals surface area (Å²) in [6.07, 6.45) is 1.45. The molecule has 0 aliphatic rings. The van der Waals surface area contributed by atoms with E-state index in [1.165, 1.54) is 12.0 Å². The van der Waals surface area contributed by atoms with Gasteiger partial charge >= 0.3 is 0 Å². The Morgan fingerprint density at radius 1 is 1.06 bits per heavy atom. The first-order valence-electron chi connectivity index (χ1n) is 7.02. The van der Waals surface area contributed by atoms with E-state index in [9.17, 15) is 0 Å². The molecule has 1 N–H and O–H groups in total. The zero-order chi connectivity index (χ0) is 13.5. The normalized spacial score (nSPS) is 14.6. The van der Waals surface area contributed by atoms with Crippen molar-refractivity contribution in [2.24, 2.45) is 5.92 Å². The standard InChI is InChI=1S/C16H27NO/c1-6-13(4)14(5)17-11-15-7-9-16(10-8-15)18-12(2)3/h7-10,12-14,17H,6,11H2,1-5H3. The van der Waals surface area contributed by atoms with Crippen LogP contribution in [0.4, 0.5) is 0 Å². The minimum absolute atomic E-state index is 0.236. The van der Waals surface area contributed by atoms with E-state index in [1.54, 1.807) is 0 Å². The molecule has 1 aromatic carbocycles. The van der Waals surface area contributed by atoms with Crippen LogP contribution in [0.5, 0.6) is 5.75 Å². The topological polar surface area (TPSA) is 21.3 Å². The highest BCUT2D eigenvalue weighted by molar-refractivity contribution is 5.27. The van der Waals surface area contributed by atoms with Gasteiger partial charge in [-0.2, -0.15) is 0 Å². The third kappa shape index (κ3) is 5.09. The SMILES string of the molecule is CCC(C)C(C)NCc1ccc(OC(C)C)cc1. The lowest BCUT2D eigenvalue weighted by atomic mass is 10.0. The van der Waals surface area contributed by atoms with E-state index in [0.717, 1.165) is 12.3 Å². The maximum absolute atomic E-state index is 5.63. The molecule has 18 heavy (non-hydrogen) atoms. The third-order valence-corrected chi connectivity index (χ3v) is 3.42. The molecule has 0 spiro atoms. The smallest absolute Gasteiger partial charge is 0.119 e. The number of benzene rings is 1. The van der Waals surface area contributed by atoms with Gasteiger partial charge in [-0.15, -0.1) is 0 Å². The van der Waals surface area contributed by atoms with Crippen LogP contribution in [-0.2, 0) is 6.54 Å². The van der Waals surface area contributed by atoms with Gasteiger partial charge in [-0.1, -0.05) is 32.4 Å². The summed E-state index contributed by atoms with van der Waals surface area (Å²) in [5, 5.41) is 3.57. The van der Waals surface area contributed by atoms with Crippen molar-refractivity contribution in [1.29, 1.82) is 0 Å². The highest BCUT2D eigenvalue weighted by atomic mass is 16.5. The quantitative estimate of drug-likeness (QED) is 0.788. The lowest BCUT2D eigenvalue weighted by Crippen LogP contribution is -2.31. The molecule has 0 bridgehead atoms. The van der Waals surface area contributed by atoms with Crippen LogP contribution in [0.2, 0.25) is 0 Å². The number of nitrogens with one attached hydrogen (secondary N) is 1. The lowest BCUT2D eigenvalue weighted by molar-refractivity contribution is 0.242. The first-order valence-corrected chi connectivity index (χ1v) is 7.02. The van der Waals surface area contributed by atoms with Gasteiger partial charge < -0.3 is 10.1 Å². The van der Waals surface area contributed by atoms with Crippen molar-refractivity contribution in [2.75, 3.05) is 0 Å². The molecule has 0 aliphatic heterocycles. The predicted octanol–water partition coefficient (Wildman–Crippen LogP) is 4.00. The van der Waals surface area contributed by atoms with Crippen LogP contribution in [0, 0.1) is 5.92 Å². The summed E-state index contributed by atoms with van der Waals surface area (Å²) in [6.45, 7) is 11.8. The van der Waals surface area contributed by atoms with Crippen LogP contribution in [0.1, 0.15) is 46.6 Å². The van der Waals surface area contributed by atoms with Crippen LogP contribution < -0.4 is 10.1 Å². The van der Waals surface area contributed by atoms with Gasteiger partial charge in [-0.25, -0.2) is 0 Å². The number of rotatable bonds is 7. The predicted molar refractivity (Wildman–Crippen MR) is 78.0 cm³/mol. The van der Waals surface area contributed by atoms with E-state index in [0.29, 0.717) is 12.0 Å². The molecule has 2 nitrogen and oxygen atoms in total. The van der Waals surface area contributed by atoms with E-state index in [-0.39, 0.29) is 6.10 Å². The molecule has 0 amide bonds. The van der Waals surface area contributed by atoms with Crippen LogP contribution >= 0.6 is 0 Å². The Balaban J connectivity index is 2.44. The molecule has 1 aromatic rings. The van der Waals surface area contributed by atoms with E-state index < -0.39 is 0 Å². The van der Waals surface area contributed by atoms with Gasteiger partial charge in [0, 0.05) is 12.6 Å². The van der Waals surface area contributed by atoms with E-state index in [4.69, 9.17) is 4.74 Å². The molecule has 0 radical (unpaired) electrons. The average molecular weight is 249 g/mol. The van der Waals surface area contributed by atoms with Crippen LogP contribution in [-0.4, -0.2) is 12.1 Å². The van der Waals surface area contributed by atoms with Crippen molar-refractivity contribution >= 4 is 0 Å². The van der Waals surface area contributed by atoms with Crippen LogP contribution in [0.3, 0.4) is 0 Å². The third-order valence-electron chi connectivity index (χ3n) is 3.42. The zero-order valence-electron chi connectivity index (χ0n) is 12.4. The molecule has 2 unspecified atom stereocenters. The minimum Gasteiger partial charge on any atom is -0.491 e. The summed E-state index contributed by atoms with van der Waals surface area (Å²) in [4.78, 5) is 0. The molecular weight excluding hydrogens is 222 g/mol. The Morgan fingerprint density at radius 2 is 1.67 bits per heavy atom. The molecule has 0 aliphatic carbocycles. The zero-order valence-corrected chi connectivity index (χ0v) is 12.4. The van der Waals surface area contributed by atoms with Crippen molar-refractivity contribution in [3.8, 4) is 5.75 Å². The highest BCUT2D eigenvalue weighted by Gasteiger charge is 2.08. The van der Waals surface area contributed by atoms with Crippen LogP contribution in [0.25, 0.3) is 0 Å². The second-order valence-electron chi connectivity index (χ2n) is 5.37. The van der Waals surface area contributed by atoms with Gasteiger partial charge in [-0.3, -0.25) is 0 Å². The van der Waals surface area contributed by atoms with Gasteiger partial charge in [0.1, 0.15) is 5.75 Å². The molecule has 0 saturated heterocycles. The Kier molecular flexibility index (Phi) is 6.20. The van der Waals surface area contributed by atoms with E-state index >= 15 is 0 Å². The van der Waals surface area contributed by atoms with Crippen molar-refractivity contribution < 1.29 is 4.74 Å². The average Bonchev–Trinajstić information content (AvgIpc) is 2.36. The summed E-state index contributed by atoms with van der Waals surface area (Å²) in [5.41, 5.74) is 1.31. The molecule has 2 heteroatoms. The minimum atomic E-state index is 0.236. The summed E-state index contributed by atoms with van der Waals surface area (Å²) in [6, 6.07) is 8.92. The Labute approximate surface area is 112 Å².